The van der Waals surface area contributed by atoms with Gasteiger partial charge in [0, 0.05) is 19.0 Å². The second kappa shape index (κ2) is 11.3. The zero-order valence-electron chi connectivity index (χ0n) is 17.2. The highest BCUT2D eigenvalue weighted by Crippen LogP contribution is 2.15. The van der Waals surface area contributed by atoms with Crippen molar-refractivity contribution in [3.05, 3.63) is 71.8 Å². The van der Waals surface area contributed by atoms with Crippen LogP contribution in [0, 0.1) is 0 Å². The number of rotatable bonds is 10. The maximum absolute atomic E-state index is 13.1. The molecule has 2 rings (SSSR count). The summed E-state index contributed by atoms with van der Waals surface area (Å²) in [6, 6.07) is 19.5. The van der Waals surface area contributed by atoms with Gasteiger partial charge in [0.1, 0.15) is 6.04 Å². The molecule has 0 saturated heterocycles. The summed E-state index contributed by atoms with van der Waals surface area (Å²) in [6.07, 6.45) is 2.52. The molecule has 150 valence electrons. The maximum atomic E-state index is 13.1. The Morgan fingerprint density at radius 2 is 1.46 bits per heavy atom. The van der Waals surface area contributed by atoms with E-state index in [0.717, 1.165) is 17.5 Å². The van der Waals surface area contributed by atoms with Gasteiger partial charge in [-0.1, -0.05) is 74.5 Å². The Balaban J connectivity index is 2.16. The van der Waals surface area contributed by atoms with Crippen LogP contribution in [0.3, 0.4) is 0 Å². The van der Waals surface area contributed by atoms with Gasteiger partial charge in [0.05, 0.1) is 0 Å². The fourth-order valence-corrected chi connectivity index (χ4v) is 3.18. The Labute approximate surface area is 169 Å². The fraction of sp³-hybridized carbons (Fsp3) is 0.417. The summed E-state index contributed by atoms with van der Waals surface area (Å²) in [5.74, 6) is -0.0558. The van der Waals surface area contributed by atoms with Crippen molar-refractivity contribution >= 4 is 11.8 Å². The monoisotopic (exact) mass is 380 g/mol. The van der Waals surface area contributed by atoms with E-state index in [1.54, 1.807) is 4.90 Å². The van der Waals surface area contributed by atoms with Crippen molar-refractivity contribution in [2.24, 2.45) is 0 Å². The number of aryl methyl sites for hydroxylation is 1. The lowest BCUT2D eigenvalue weighted by Gasteiger charge is -2.31. The van der Waals surface area contributed by atoms with Crippen molar-refractivity contribution in [1.82, 2.24) is 10.2 Å². The maximum Gasteiger partial charge on any atom is 0.243 e. The van der Waals surface area contributed by atoms with Crippen LogP contribution in [0.4, 0.5) is 0 Å². The molecule has 0 aliphatic rings. The predicted octanol–water partition coefficient (Wildman–Crippen LogP) is 4.34. The van der Waals surface area contributed by atoms with Gasteiger partial charge in [0.2, 0.25) is 11.8 Å². The Morgan fingerprint density at radius 3 is 2.00 bits per heavy atom. The van der Waals surface area contributed by atoms with Gasteiger partial charge in [-0.05, 0) is 37.3 Å². The molecule has 0 saturated carbocycles. The third kappa shape index (κ3) is 6.52. The van der Waals surface area contributed by atoms with E-state index in [9.17, 15) is 9.59 Å². The summed E-state index contributed by atoms with van der Waals surface area (Å²) in [4.78, 5) is 27.7. The minimum Gasteiger partial charge on any atom is -0.352 e. The Kier molecular flexibility index (Phi) is 8.73. The van der Waals surface area contributed by atoms with Crippen molar-refractivity contribution in [3.8, 4) is 0 Å². The van der Waals surface area contributed by atoms with E-state index < -0.39 is 6.04 Å². The van der Waals surface area contributed by atoms with Gasteiger partial charge >= 0.3 is 0 Å². The second-order valence-corrected chi connectivity index (χ2v) is 7.23. The van der Waals surface area contributed by atoms with E-state index in [-0.39, 0.29) is 17.9 Å². The quantitative estimate of drug-likeness (QED) is 0.666. The molecule has 0 spiro atoms. The SMILES string of the molecule is CCC(C)NC(=O)C(CC)N(Cc1ccccc1)C(=O)CCc1ccccc1. The van der Waals surface area contributed by atoms with Crippen LogP contribution in [0.5, 0.6) is 0 Å². The van der Waals surface area contributed by atoms with Gasteiger partial charge in [-0.25, -0.2) is 0 Å². The summed E-state index contributed by atoms with van der Waals surface area (Å²) in [7, 11) is 0. The number of carbonyl (C=O) groups excluding carboxylic acids is 2. The van der Waals surface area contributed by atoms with Gasteiger partial charge in [-0.15, -0.1) is 0 Å². The highest BCUT2D eigenvalue weighted by molar-refractivity contribution is 5.87. The van der Waals surface area contributed by atoms with E-state index in [4.69, 9.17) is 0 Å². The number of nitrogens with one attached hydrogen (secondary N) is 1. The van der Waals surface area contributed by atoms with E-state index in [0.29, 0.717) is 25.8 Å². The van der Waals surface area contributed by atoms with E-state index >= 15 is 0 Å². The molecule has 4 nitrogen and oxygen atoms in total. The summed E-state index contributed by atoms with van der Waals surface area (Å²) in [5, 5.41) is 3.04. The van der Waals surface area contributed by atoms with Gasteiger partial charge in [0.15, 0.2) is 0 Å². The first-order valence-corrected chi connectivity index (χ1v) is 10.2. The molecule has 2 aromatic rings. The van der Waals surface area contributed by atoms with Gasteiger partial charge in [-0.2, -0.15) is 0 Å². The molecule has 0 aliphatic heterocycles. The Bertz CT molecular complexity index is 731. The number of benzene rings is 2. The molecule has 0 heterocycles. The van der Waals surface area contributed by atoms with Crippen LogP contribution in [0.15, 0.2) is 60.7 Å². The average molecular weight is 381 g/mol. The zero-order valence-corrected chi connectivity index (χ0v) is 17.2. The van der Waals surface area contributed by atoms with Gasteiger partial charge in [-0.3, -0.25) is 9.59 Å². The lowest BCUT2D eigenvalue weighted by atomic mass is 10.1. The standard InChI is InChI=1S/C24H32N2O2/c1-4-19(3)25-24(28)22(5-2)26(18-21-14-10-7-11-15-21)23(27)17-16-20-12-8-6-9-13-20/h6-15,19,22H,4-5,16-18H2,1-3H3,(H,25,28). The summed E-state index contributed by atoms with van der Waals surface area (Å²) in [6.45, 7) is 6.44. The van der Waals surface area contributed by atoms with Crippen LogP contribution in [0.1, 0.15) is 51.2 Å². The largest absolute Gasteiger partial charge is 0.352 e. The lowest BCUT2D eigenvalue weighted by molar-refractivity contribution is -0.141. The zero-order chi connectivity index (χ0) is 20.4. The highest BCUT2D eigenvalue weighted by atomic mass is 16.2. The summed E-state index contributed by atoms with van der Waals surface area (Å²) >= 11 is 0. The highest BCUT2D eigenvalue weighted by Gasteiger charge is 2.28. The van der Waals surface area contributed by atoms with E-state index in [1.807, 2.05) is 81.4 Å². The molecule has 28 heavy (non-hydrogen) atoms. The van der Waals surface area contributed by atoms with Crippen LogP contribution < -0.4 is 5.32 Å². The third-order valence-corrected chi connectivity index (χ3v) is 5.05. The number of hydrogen-bond donors (Lipinski definition) is 1. The molecular weight excluding hydrogens is 348 g/mol. The molecule has 0 radical (unpaired) electrons. The van der Waals surface area contributed by atoms with Crippen LogP contribution in [-0.2, 0) is 22.6 Å². The van der Waals surface area contributed by atoms with Crippen LogP contribution in [-0.4, -0.2) is 28.8 Å². The first kappa shape index (κ1) is 21.7. The third-order valence-electron chi connectivity index (χ3n) is 5.05. The molecule has 0 fully saturated rings. The summed E-state index contributed by atoms with van der Waals surface area (Å²) in [5.41, 5.74) is 2.16. The van der Waals surface area contributed by atoms with Gasteiger partial charge in [0.25, 0.3) is 0 Å². The molecule has 2 amide bonds. The molecule has 1 N–H and O–H groups in total. The number of nitrogens with zero attached hydrogens (tertiary/aromatic N) is 1. The predicted molar refractivity (Wildman–Crippen MR) is 114 cm³/mol. The van der Waals surface area contributed by atoms with Crippen molar-refractivity contribution in [3.63, 3.8) is 0 Å². The fourth-order valence-electron chi connectivity index (χ4n) is 3.18. The van der Waals surface area contributed by atoms with Crippen molar-refractivity contribution in [1.29, 1.82) is 0 Å². The molecule has 0 aromatic heterocycles. The minimum atomic E-state index is -0.461. The van der Waals surface area contributed by atoms with Crippen LogP contribution >= 0.6 is 0 Å². The first-order chi connectivity index (χ1) is 13.5. The van der Waals surface area contributed by atoms with Crippen molar-refractivity contribution < 1.29 is 9.59 Å². The van der Waals surface area contributed by atoms with Crippen molar-refractivity contribution in [2.45, 2.75) is 65.1 Å². The molecule has 0 bridgehead atoms. The smallest absolute Gasteiger partial charge is 0.243 e. The number of carbonyl (C=O) groups is 2. The molecular formula is C24H32N2O2. The Hall–Kier alpha value is -2.62. The normalized spacial score (nSPS) is 12.8. The average Bonchev–Trinajstić information content (AvgIpc) is 2.73. The Morgan fingerprint density at radius 1 is 0.893 bits per heavy atom. The van der Waals surface area contributed by atoms with E-state index in [1.165, 1.54) is 0 Å². The van der Waals surface area contributed by atoms with Crippen LogP contribution in [0.2, 0.25) is 0 Å². The molecule has 0 aliphatic carbocycles. The molecule has 4 heteroatoms. The number of amides is 2. The van der Waals surface area contributed by atoms with Gasteiger partial charge < -0.3 is 10.2 Å². The van der Waals surface area contributed by atoms with E-state index in [2.05, 4.69) is 5.32 Å². The molecule has 2 atom stereocenters. The summed E-state index contributed by atoms with van der Waals surface area (Å²) < 4.78 is 0. The minimum absolute atomic E-state index is 0.0128. The molecule has 2 aromatic carbocycles. The lowest BCUT2D eigenvalue weighted by Crippen LogP contribution is -2.50. The number of hydrogen-bond acceptors (Lipinski definition) is 2. The topological polar surface area (TPSA) is 49.4 Å². The van der Waals surface area contributed by atoms with Crippen molar-refractivity contribution in [2.75, 3.05) is 0 Å². The van der Waals surface area contributed by atoms with Crippen LogP contribution in [0.25, 0.3) is 0 Å². The molecule has 2 unspecified atom stereocenters. The first-order valence-electron chi connectivity index (χ1n) is 10.2. The second-order valence-electron chi connectivity index (χ2n) is 7.23.